The summed E-state index contributed by atoms with van der Waals surface area (Å²) in [4.78, 5) is 12.0. The van der Waals surface area contributed by atoms with Crippen LogP contribution in [0.1, 0.15) is 24.1 Å². The zero-order valence-corrected chi connectivity index (χ0v) is 17.2. The number of amides is 1. The largest absolute Gasteiger partial charge is 0.484 e. The van der Waals surface area contributed by atoms with Crippen molar-refractivity contribution in [3.8, 4) is 5.75 Å². The van der Waals surface area contributed by atoms with E-state index in [4.69, 9.17) is 20.8 Å². The highest BCUT2D eigenvalue weighted by Gasteiger charge is 2.14. The number of ether oxygens (including phenoxy) is 1. The molecule has 1 N–H and O–H groups in total. The molecule has 0 saturated carbocycles. The number of furan rings is 1. The Morgan fingerprint density at radius 2 is 2.21 bits per heavy atom. The minimum atomic E-state index is -0.101. The van der Waals surface area contributed by atoms with Crippen LogP contribution in [0.3, 0.4) is 0 Å². The molecule has 0 bridgehead atoms. The zero-order chi connectivity index (χ0) is 19.9. The second-order valence-electron chi connectivity index (χ2n) is 6.01. The van der Waals surface area contributed by atoms with E-state index in [2.05, 4.69) is 15.5 Å². The van der Waals surface area contributed by atoms with E-state index >= 15 is 0 Å². The molecule has 0 spiro atoms. The first-order valence-electron chi connectivity index (χ1n) is 8.79. The summed E-state index contributed by atoms with van der Waals surface area (Å²) >= 11 is 7.50. The second-order valence-corrected chi connectivity index (χ2v) is 7.36. The standard InChI is InChI=1S/C19H21ClN4O3S/c1-3-24-17(11-27-16-9-13(2)6-7-15(16)20)22-23-19(24)28-12-18(25)21-10-14-5-4-8-26-14/h4-9H,3,10-12H2,1-2H3,(H,21,25). The predicted molar refractivity (Wildman–Crippen MR) is 107 cm³/mol. The molecule has 0 saturated heterocycles. The number of carbonyl (C=O) groups excluding carboxylic acids is 1. The van der Waals surface area contributed by atoms with Crippen LogP contribution in [0.25, 0.3) is 0 Å². The number of carbonyl (C=O) groups is 1. The molecule has 148 valence electrons. The number of hydrogen-bond acceptors (Lipinski definition) is 6. The molecule has 9 heteroatoms. The highest BCUT2D eigenvalue weighted by Crippen LogP contribution is 2.26. The molecule has 7 nitrogen and oxygen atoms in total. The van der Waals surface area contributed by atoms with Gasteiger partial charge in [0, 0.05) is 6.54 Å². The SMILES string of the molecule is CCn1c(COc2cc(C)ccc2Cl)nnc1SCC(=O)NCc1ccco1. The fraction of sp³-hybridized carbons (Fsp3) is 0.316. The van der Waals surface area contributed by atoms with Crippen molar-refractivity contribution in [2.24, 2.45) is 0 Å². The van der Waals surface area contributed by atoms with E-state index < -0.39 is 0 Å². The van der Waals surface area contributed by atoms with E-state index in [1.54, 1.807) is 18.4 Å². The lowest BCUT2D eigenvalue weighted by Gasteiger charge is -2.10. The third-order valence-electron chi connectivity index (χ3n) is 3.93. The molecule has 0 atom stereocenters. The van der Waals surface area contributed by atoms with Gasteiger partial charge in [-0.2, -0.15) is 0 Å². The molecule has 3 aromatic rings. The van der Waals surface area contributed by atoms with Crippen LogP contribution in [-0.2, 0) is 24.5 Å². The van der Waals surface area contributed by atoms with Crippen molar-refractivity contribution in [2.45, 2.75) is 38.7 Å². The third-order valence-corrected chi connectivity index (χ3v) is 5.20. The summed E-state index contributed by atoms with van der Waals surface area (Å²) in [5.41, 5.74) is 1.06. The Hall–Kier alpha value is -2.45. The van der Waals surface area contributed by atoms with Gasteiger partial charge in [0.05, 0.1) is 23.6 Å². The Labute approximate surface area is 172 Å². The molecule has 0 radical (unpaired) electrons. The normalized spacial score (nSPS) is 10.8. The minimum absolute atomic E-state index is 0.101. The summed E-state index contributed by atoms with van der Waals surface area (Å²) in [6, 6.07) is 9.21. The summed E-state index contributed by atoms with van der Waals surface area (Å²) in [6.45, 7) is 5.25. The van der Waals surface area contributed by atoms with Crippen molar-refractivity contribution in [1.29, 1.82) is 0 Å². The number of nitrogens with zero attached hydrogens (tertiary/aromatic N) is 3. The molecule has 28 heavy (non-hydrogen) atoms. The number of halogens is 1. The Kier molecular flexibility index (Phi) is 7.00. The third kappa shape index (κ3) is 5.30. The van der Waals surface area contributed by atoms with Crippen molar-refractivity contribution in [3.63, 3.8) is 0 Å². The van der Waals surface area contributed by atoms with E-state index in [0.29, 0.717) is 40.6 Å². The van der Waals surface area contributed by atoms with Crippen LogP contribution in [0.2, 0.25) is 5.02 Å². The van der Waals surface area contributed by atoms with Gasteiger partial charge in [-0.15, -0.1) is 10.2 Å². The first-order chi connectivity index (χ1) is 13.6. The summed E-state index contributed by atoms with van der Waals surface area (Å²) in [7, 11) is 0. The van der Waals surface area contributed by atoms with Gasteiger partial charge in [-0.25, -0.2) is 0 Å². The van der Waals surface area contributed by atoms with E-state index in [0.717, 1.165) is 5.56 Å². The minimum Gasteiger partial charge on any atom is -0.484 e. The quantitative estimate of drug-likeness (QED) is 0.529. The first kappa shape index (κ1) is 20.3. The molecular weight excluding hydrogens is 400 g/mol. The maximum atomic E-state index is 12.0. The van der Waals surface area contributed by atoms with Gasteiger partial charge in [-0.05, 0) is 43.7 Å². The van der Waals surface area contributed by atoms with E-state index in [-0.39, 0.29) is 18.3 Å². The Morgan fingerprint density at radius 3 is 2.96 bits per heavy atom. The monoisotopic (exact) mass is 420 g/mol. The average Bonchev–Trinajstić information content (AvgIpc) is 3.34. The maximum Gasteiger partial charge on any atom is 0.230 e. The van der Waals surface area contributed by atoms with Gasteiger partial charge in [0.1, 0.15) is 18.1 Å². The fourth-order valence-electron chi connectivity index (χ4n) is 2.49. The first-order valence-corrected chi connectivity index (χ1v) is 10.2. The smallest absolute Gasteiger partial charge is 0.230 e. The Balaban J connectivity index is 1.55. The molecule has 2 aromatic heterocycles. The van der Waals surface area contributed by atoms with Gasteiger partial charge < -0.3 is 19.0 Å². The molecule has 0 aliphatic heterocycles. The lowest BCUT2D eigenvalue weighted by molar-refractivity contribution is -0.118. The van der Waals surface area contributed by atoms with Crippen LogP contribution < -0.4 is 10.1 Å². The Bertz CT molecular complexity index is 927. The number of rotatable bonds is 9. The number of benzene rings is 1. The van der Waals surface area contributed by atoms with Gasteiger partial charge in [0.15, 0.2) is 11.0 Å². The maximum absolute atomic E-state index is 12.0. The molecule has 1 aromatic carbocycles. The van der Waals surface area contributed by atoms with Crippen molar-refractivity contribution < 1.29 is 13.9 Å². The molecule has 2 heterocycles. The van der Waals surface area contributed by atoms with Gasteiger partial charge in [0.25, 0.3) is 0 Å². The van der Waals surface area contributed by atoms with Gasteiger partial charge in [-0.1, -0.05) is 29.4 Å². The van der Waals surface area contributed by atoms with Crippen molar-refractivity contribution in [3.05, 3.63) is 58.8 Å². The highest BCUT2D eigenvalue weighted by molar-refractivity contribution is 7.99. The van der Waals surface area contributed by atoms with Crippen LogP contribution in [0, 0.1) is 6.92 Å². The molecule has 0 aliphatic carbocycles. The topological polar surface area (TPSA) is 82.2 Å². The summed E-state index contributed by atoms with van der Waals surface area (Å²) < 4.78 is 12.9. The number of aryl methyl sites for hydroxylation is 1. The lowest BCUT2D eigenvalue weighted by atomic mass is 10.2. The number of aromatic nitrogens is 3. The van der Waals surface area contributed by atoms with Crippen LogP contribution >= 0.6 is 23.4 Å². The molecule has 0 fully saturated rings. The summed E-state index contributed by atoms with van der Waals surface area (Å²) in [6.07, 6.45) is 1.58. The molecule has 0 aliphatic rings. The van der Waals surface area contributed by atoms with Crippen molar-refractivity contribution >= 4 is 29.3 Å². The van der Waals surface area contributed by atoms with Crippen LogP contribution in [-0.4, -0.2) is 26.4 Å². The van der Waals surface area contributed by atoms with Crippen LogP contribution in [0.4, 0.5) is 0 Å². The molecule has 3 rings (SSSR count). The summed E-state index contributed by atoms with van der Waals surface area (Å²) in [5, 5.41) is 12.4. The fourth-order valence-corrected chi connectivity index (χ4v) is 3.52. The lowest BCUT2D eigenvalue weighted by Crippen LogP contribution is -2.24. The Morgan fingerprint density at radius 1 is 1.36 bits per heavy atom. The van der Waals surface area contributed by atoms with Crippen molar-refractivity contribution in [1.82, 2.24) is 20.1 Å². The molecule has 0 unspecified atom stereocenters. The highest BCUT2D eigenvalue weighted by atomic mass is 35.5. The predicted octanol–water partition coefficient (Wildman–Crippen LogP) is 3.84. The summed E-state index contributed by atoms with van der Waals surface area (Å²) in [5.74, 6) is 2.14. The van der Waals surface area contributed by atoms with Crippen LogP contribution in [0.5, 0.6) is 5.75 Å². The van der Waals surface area contributed by atoms with E-state index in [9.17, 15) is 4.79 Å². The number of hydrogen-bond donors (Lipinski definition) is 1. The number of thioether (sulfide) groups is 1. The van der Waals surface area contributed by atoms with Crippen LogP contribution in [0.15, 0.2) is 46.2 Å². The second kappa shape index (κ2) is 9.66. The molecule has 1 amide bonds. The van der Waals surface area contributed by atoms with Gasteiger partial charge in [0.2, 0.25) is 5.91 Å². The van der Waals surface area contributed by atoms with Crippen molar-refractivity contribution in [2.75, 3.05) is 5.75 Å². The van der Waals surface area contributed by atoms with E-state index in [1.165, 1.54) is 11.8 Å². The average molecular weight is 421 g/mol. The van der Waals surface area contributed by atoms with Gasteiger partial charge >= 0.3 is 0 Å². The van der Waals surface area contributed by atoms with E-state index in [1.807, 2.05) is 36.6 Å². The zero-order valence-electron chi connectivity index (χ0n) is 15.6. The molecular formula is C19H21ClN4O3S. The van der Waals surface area contributed by atoms with Gasteiger partial charge in [-0.3, -0.25) is 4.79 Å². The number of nitrogens with one attached hydrogen (secondary N) is 1.